The Bertz CT molecular complexity index is 366. The van der Waals surface area contributed by atoms with E-state index >= 15 is 0 Å². The van der Waals surface area contributed by atoms with Crippen LogP contribution >= 0.6 is 0 Å². The number of allylic oxidation sites excluding steroid dienone is 2. The van der Waals surface area contributed by atoms with Crippen molar-refractivity contribution in [1.82, 2.24) is 5.32 Å². The third-order valence-electron chi connectivity index (χ3n) is 3.93. The van der Waals surface area contributed by atoms with Crippen molar-refractivity contribution in [3.8, 4) is 0 Å². The molecule has 0 spiro atoms. The van der Waals surface area contributed by atoms with E-state index < -0.39 is 17.8 Å². The first-order valence-corrected chi connectivity index (χ1v) is 6.45. The quantitative estimate of drug-likeness (QED) is 0.472. The molecule has 1 amide bonds. The fourth-order valence-corrected chi connectivity index (χ4v) is 3.08. The van der Waals surface area contributed by atoms with E-state index in [0.717, 1.165) is 12.8 Å². The standard InChI is InChI=1S/C13H19NO4/c15-6-2-1-5-14-12(16)10-8-3-4-9(7-8)11(10)13(17)18/h3-4,8-11,15H,1-2,5-7H2,(H,14,16)(H,17,18)/t8?,9?,10-,11+/m0/s1. The Labute approximate surface area is 106 Å². The fourth-order valence-electron chi connectivity index (χ4n) is 3.08. The molecule has 1 saturated carbocycles. The Balaban J connectivity index is 1.92. The minimum atomic E-state index is -0.873. The molecule has 0 heterocycles. The minimum Gasteiger partial charge on any atom is -0.481 e. The highest BCUT2D eigenvalue weighted by molar-refractivity contribution is 5.86. The summed E-state index contributed by atoms with van der Waals surface area (Å²) in [5.74, 6) is -1.93. The van der Waals surface area contributed by atoms with Crippen molar-refractivity contribution in [2.45, 2.75) is 19.3 Å². The Morgan fingerprint density at radius 2 is 1.83 bits per heavy atom. The number of fused-ring (bicyclic) bond motifs is 2. The number of carboxylic acid groups (broad SMARTS) is 1. The lowest BCUT2D eigenvalue weighted by molar-refractivity contribution is -0.147. The highest BCUT2D eigenvalue weighted by atomic mass is 16.4. The highest BCUT2D eigenvalue weighted by Gasteiger charge is 2.51. The summed E-state index contributed by atoms with van der Waals surface area (Å²) in [5, 5.41) is 20.6. The number of amides is 1. The fraction of sp³-hybridized carbons (Fsp3) is 0.692. The van der Waals surface area contributed by atoms with Gasteiger partial charge in [-0.25, -0.2) is 0 Å². The predicted molar refractivity (Wildman–Crippen MR) is 64.7 cm³/mol. The van der Waals surface area contributed by atoms with Gasteiger partial charge in [0.15, 0.2) is 0 Å². The van der Waals surface area contributed by atoms with Gasteiger partial charge < -0.3 is 15.5 Å². The number of rotatable bonds is 6. The lowest BCUT2D eigenvalue weighted by atomic mass is 9.82. The third-order valence-corrected chi connectivity index (χ3v) is 3.93. The summed E-state index contributed by atoms with van der Waals surface area (Å²) in [6.07, 6.45) is 6.06. The molecule has 0 aromatic carbocycles. The van der Waals surface area contributed by atoms with Crippen LogP contribution in [0.1, 0.15) is 19.3 Å². The summed E-state index contributed by atoms with van der Waals surface area (Å²) < 4.78 is 0. The van der Waals surface area contributed by atoms with E-state index in [1.807, 2.05) is 12.2 Å². The van der Waals surface area contributed by atoms with Gasteiger partial charge in [0.1, 0.15) is 0 Å². The Kier molecular flexibility index (Phi) is 4.01. The molecule has 0 radical (unpaired) electrons. The van der Waals surface area contributed by atoms with Gasteiger partial charge in [-0.2, -0.15) is 0 Å². The van der Waals surface area contributed by atoms with E-state index in [-0.39, 0.29) is 24.3 Å². The first-order valence-electron chi connectivity index (χ1n) is 6.45. The van der Waals surface area contributed by atoms with Gasteiger partial charge in [0, 0.05) is 13.2 Å². The number of carbonyl (C=O) groups excluding carboxylic acids is 1. The first kappa shape index (κ1) is 13.1. The van der Waals surface area contributed by atoms with E-state index in [0.29, 0.717) is 13.0 Å². The zero-order chi connectivity index (χ0) is 13.1. The number of aliphatic hydroxyl groups excluding tert-OH is 1. The first-order chi connectivity index (χ1) is 8.65. The SMILES string of the molecule is O=C(O)[C@@H]1C2C=CC(C2)[C@@H]1C(=O)NCCCCO. The van der Waals surface area contributed by atoms with Crippen molar-refractivity contribution >= 4 is 11.9 Å². The second-order valence-corrected chi connectivity index (χ2v) is 5.06. The second kappa shape index (κ2) is 5.52. The van der Waals surface area contributed by atoms with Crippen LogP contribution in [0.2, 0.25) is 0 Å². The summed E-state index contributed by atoms with van der Waals surface area (Å²) in [6, 6.07) is 0. The molecular weight excluding hydrogens is 234 g/mol. The molecule has 4 atom stereocenters. The van der Waals surface area contributed by atoms with Crippen molar-refractivity contribution in [3.63, 3.8) is 0 Å². The maximum absolute atomic E-state index is 12.0. The highest BCUT2D eigenvalue weighted by Crippen LogP contribution is 2.48. The summed E-state index contributed by atoms with van der Waals surface area (Å²) in [5.41, 5.74) is 0. The van der Waals surface area contributed by atoms with Gasteiger partial charge >= 0.3 is 5.97 Å². The molecule has 5 nitrogen and oxygen atoms in total. The van der Waals surface area contributed by atoms with Gasteiger partial charge in [-0.15, -0.1) is 0 Å². The van der Waals surface area contributed by atoms with Gasteiger partial charge in [0.2, 0.25) is 5.91 Å². The van der Waals surface area contributed by atoms with E-state index in [9.17, 15) is 14.7 Å². The number of aliphatic hydroxyl groups is 1. The Morgan fingerprint density at radius 3 is 2.44 bits per heavy atom. The maximum atomic E-state index is 12.0. The number of carbonyl (C=O) groups is 2. The van der Waals surface area contributed by atoms with E-state index in [1.165, 1.54) is 0 Å². The van der Waals surface area contributed by atoms with Crippen LogP contribution in [-0.2, 0) is 9.59 Å². The average Bonchev–Trinajstić information content (AvgIpc) is 2.94. The van der Waals surface area contributed by atoms with Crippen LogP contribution in [0.5, 0.6) is 0 Å². The van der Waals surface area contributed by atoms with Crippen LogP contribution in [-0.4, -0.2) is 35.2 Å². The molecule has 0 aromatic rings. The van der Waals surface area contributed by atoms with Crippen molar-refractivity contribution in [2.24, 2.45) is 23.7 Å². The molecule has 0 aliphatic heterocycles. The molecule has 0 saturated heterocycles. The molecule has 1 fully saturated rings. The van der Waals surface area contributed by atoms with E-state index in [2.05, 4.69) is 5.32 Å². The van der Waals surface area contributed by atoms with Crippen LogP contribution in [0.25, 0.3) is 0 Å². The predicted octanol–water partition coefficient (Wildman–Crippen LogP) is 0.398. The van der Waals surface area contributed by atoms with E-state index in [4.69, 9.17) is 5.11 Å². The second-order valence-electron chi connectivity index (χ2n) is 5.06. The van der Waals surface area contributed by atoms with Crippen LogP contribution in [0.4, 0.5) is 0 Å². The number of hydrogen-bond acceptors (Lipinski definition) is 3. The van der Waals surface area contributed by atoms with Crippen LogP contribution in [0.15, 0.2) is 12.2 Å². The number of nitrogens with one attached hydrogen (secondary N) is 1. The zero-order valence-electron chi connectivity index (χ0n) is 10.2. The smallest absolute Gasteiger partial charge is 0.307 e. The molecule has 2 aliphatic rings. The molecule has 0 aromatic heterocycles. The van der Waals surface area contributed by atoms with Crippen LogP contribution in [0.3, 0.4) is 0 Å². The summed E-state index contributed by atoms with van der Waals surface area (Å²) in [4.78, 5) is 23.3. The van der Waals surface area contributed by atoms with Crippen LogP contribution in [0, 0.1) is 23.7 Å². The molecule has 2 bridgehead atoms. The molecule has 18 heavy (non-hydrogen) atoms. The summed E-state index contributed by atoms with van der Waals surface area (Å²) in [6.45, 7) is 0.619. The molecule has 2 rings (SSSR count). The average molecular weight is 253 g/mol. The van der Waals surface area contributed by atoms with Crippen molar-refractivity contribution in [2.75, 3.05) is 13.2 Å². The topological polar surface area (TPSA) is 86.6 Å². The van der Waals surface area contributed by atoms with E-state index in [1.54, 1.807) is 0 Å². The number of hydrogen-bond donors (Lipinski definition) is 3. The summed E-state index contributed by atoms with van der Waals surface area (Å²) >= 11 is 0. The van der Waals surface area contributed by atoms with Gasteiger partial charge in [-0.05, 0) is 31.1 Å². The number of aliphatic carboxylic acids is 1. The maximum Gasteiger partial charge on any atom is 0.307 e. The lowest BCUT2D eigenvalue weighted by Crippen LogP contribution is -2.40. The molecular formula is C13H19NO4. The normalized spacial score (nSPS) is 32.7. The van der Waals surface area contributed by atoms with Gasteiger partial charge in [0.25, 0.3) is 0 Å². The monoisotopic (exact) mass is 253 g/mol. The Morgan fingerprint density at radius 1 is 1.17 bits per heavy atom. The number of unbranched alkanes of at least 4 members (excludes halogenated alkanes) is 1. The largest absolute Gasteiger partial charge is 0.481 e. The molecule has 2 aliphatic carbocycles. The Hall–Kier alpha value is -1.36. The van der Waals surface area contributed by atoms with Gasteiger partial charge in [-0.3, -0.25) is 9.59 Å². The van der Waals surface area contributed by atoms with Crippen LogP contribution < -0.4 is 5.32 Å². The lowest BCUT2D eigenvalue weighted by Gasteiger charge is -2.23. The molecule has 2 unspecified atom stereocenters. The molecule has 5 heteroatoms. The van der Waals surface area contributed by atoms with Crippen molar-refractivity contribution in [3.05, 3.63) is 12.2 Å². The number of carboxylic acids is 1. The third kappa shape index (κ3) is 2.41. The minimum absolute atomic E-state index is 0.0145. The molecule has 3 N–H and O–H groups in total. The van der Waals surface area contributed by atoms with Gasteiger partial charge in [0.05, 0.1) is 11.8 Å². The summed E-state index contributed by atoms with van der Waals surface area (Å²) in [7, 11) is 0. The molecule has 100 valence electrons. The van der Waals surface area contributed by atoms with Crippen molar-refractivity contribution < 1.29 is 19.8 Å². The zero-order valence-corrected chi connectivity index (χ0v) is 10.2. The van der Waals surface area contributed by atoms with Gasteiger partial charge in [-0.1, -0.05) is 12.2 Å². The van der Waals surface area contributed by atoms with Crippen molar-refractivity contribution in [1.29, 1.82) is 0 Å².